The normalized spacial score (nSPS) is 14.5. The van der Waals surface area contributed by atoms with Crippen LogP contribution in [0.15, 0.2) is 29.4 Å². The second-order valence-electron chi connectivity index (χ2n) is 6.45. The third-order valence-corrected chi connectivity index (χ3v) is 5.33. The first kappa shape index (κ1) is 20.5. The summed E-state index contributed by atoms with van der Waals surface area (Å²) in [6, 6.07) is 6.71. The van der Waals surface area contributed by atoms with Crippen LogP contribution in [0.3, 0.4) is 0 Å². The van der Waals surface area contributed by atoms with Crippen molar-refractivity contribution in [2.75, 3.05) is 5.75 Å². The number of aromatic nitrogens is 3. The van der Waals surface area contributed by atoms with Crippen LogP contribution >= 0.6 is 23.4 Å². The number of amides is 3. The average molecular weight is 424 g/mol. The molecule has 0 saturated heterocycles. The molecule has 3 N–H and O–H groups in total. The van der Waals surface area contributed by atoms with Crippen LogP contribution in [0.2, 0.25) is 5.02 Å². The lowest BCUT2D eigenvalue weighted by Crippen LogP contribution is -2.45. The van der Waals surface area contributed by atoms with Crippen LogP contribution in [0.4, 0.5) is 4.79 Å². The molecule has 150 valence electrons. The van der Waals surface area contributed by atoms with E-state index in [1.165, 1.54) is 6.42 Å². The Morgan fingerprint density at radius 2 is 1.96 bits per heavy atom. The molecule has 1 aliphatic rings. The Labute approximate surface area is 172 Å². The van der Waals surface area contributed by atoms with E-state index in [2.05, 4.69) is 25.8 Å². The number of hydrogen-bond acceptors (Lipinski definition) is 6. The minimum absolute atomic E-state index is 0.0490. The molecule has 0 aliphatic heterocycles. The van der Waals surface area contributed by atoms with E-state index in [-0.39, 0.29) is 24.3 Å². The lowest BCUT2D eigenvalue weighted by atomic mass is 9.96. The van der Waals surface area contributed by atoms with Crippen molar-refractivity contribution < 1.29 is 14.3 Å². The lowest BCUT2D eigenvalue weighted by molar-refractivity contribution is -0.117. The molecule has 1 aromatic heterocycles. The lowest BCUT2D eigenvalue weighted by Gasteiger charge is -2.22. The SMILES string of the molecule is O=C(CSc1n[nH]c(COc2ccc(Cl)cc2)n1)NC(=O)NC1CCCCC1. The second kappa shape index (κ2) is 10.3. The maximum absolute atomic E-state index is 11.9. The van der Waals surface area contributed by atoms with Crippen LogP contribution in [0.1, 0.15) is 37.9 Å². The molecule has 3 rings (SSSR count). The Morgan fingerprint density at radius 1 is 1.21 bits per heavy atom. The summed E-state index contributed by atoms with van der Waals surface area (Å²) in [6.07, 6.45) is 5.37. The van der Waals surface area contributed by atoms with Gasteiger partial charge in [0.25, 0.3) is 0 Å². The van der Waals surface area contributed by atoms with Crippen molar-refractivity contribution in [2.45, 2.75) is 49.9 Å². The van der Waals surface area contributed by atoms with E-state index in [9.17, 15) is 9.59 Å². The van der Waals surface area contributed by atoms with E-state index in [1.54, 1.807) is 24.3 Å². The molecule has 2 aromatic rings. The number of H-pyrrole nitrogens is 1. The van der Waals surface area contributed by atoms with Crippen molar-refractivity contribution in [3.63, 3.8) is 0 Å². The van der Waals surface area contributed by atoms with Gasteiger partial charge in [0, 0.05) is 11.1 Å². The van der Waals surface area contributed by atoms with Gasteiger partial charge in [-0.3, -0.25) is 15.2 Å². The molecule has 0 unspecified atom stereocenters. The van der Waals surface area contributed by atoms with Crippen molar-refractivity contribution >= 4 is 35.3 Å². The number of nitrogens with zero attached hydrogens (tertiary/aromatic N) is 2. The minimum Gasteiger partial charge on any atom is -0.486 e. The van der Waals surface area contributed by atoms with Gasteiger partial charge in [0.1, 0.15) is 12.4 Å². The van der Waals surface area contributed by atoms with E-state index < -0.39 is 6.03 Å². The Bertz CT molecular complexity index is 793. The average Bonchev–Trinajstić information content (AvgIpc) is 3.14. The fourth-order valence-corrected chi connectivity index (χ4v) is 3.59. The number of nitrogens with one attached hydrogen (secondary N) is 3. The molecule has 28 heavy (non-hydrogen) atoms. The molecular formula is C18H22ClN5O3S. The molecular weight excluding hydrogens is 402 g/mol. The maximum atomic E-state index is 11.9. The predicted molar refractivity (Wildman–Crippen MR) is 106 cm³/mol. The number of ether oxygens (including phenoxy) is 1. The number of imide groups is 1. The predicted octanol–water partition coefficient (Wildman–Crippen LogP) is 3.29. The molecule has 1 aromatic carbocycles. The molecule has 3 amide bonds. The third-order valence-electron chi connectivity index (χ3n) is 4.23. The third kappa shape index (κ3) is 6.72. The van der Waals surface area contributed by atoms with E-state index in [0.29, 0.717) is 21.8 Å². The maximum Gasteiger partial charge on any atom is 0.321 e. The number of hydrogen-bond donors (Lipinski definition) is 3. The first-order chi connectivity index (χ1) is 13.6. The summed E-state index contributed by atoms with van der Waals surface area (Å²) in [5.74, 6) is 0.862. The molecule has 0 bridgehead atoms. The Kier molecular flexibility index (Phi) is 7.55. The van der Waals surface area contributed by atoms with Crippen LogP contribution < -0.4 is 15.4 Å². The van der Waals surface area contributed by atoms with Crippen molar-refractivity contribution in [2.24, 2.45) is 0 Å². The number of halogens is 1. The fraction of sp³-hybridized carbons (Fsp3) is 0.444. The van der Waals surface area contributed by atoms with Crippen molar-refractivity contribution in [3.8, 4) is 5.75 Å². The number of benzene rings is 1. The zero-order valence-electron chi connectivity index (χ0n) is 15.2. The molecule has 1 aliphatic carbocycles. The number of carbonyl (C=O) groups excluding carboxylic acids is 2. The summed E-state index contributed by atoms with van der Waals surface area (Å²) >= 11 is 6.97. The van der Waals surface area contributed by atoms with Crippen LogP contribution in [0, 0.1) is 0 Å². The largest absolute Gasteiger partial charge is 0.486 e. The highest BCUT2D eigenvalue weighted by atomic mass is 35.5. The standard InChI is InChI=1S/C18H22ClN5O3S/c19-12-6-8-14(9-7-12)27-10-15-21-18(24-23-15)28-11-16(25)22-17(26)20-13-4-2-1-3-5-13/h6-9,13H,1-5,10-11H2,(H,21,23,24)(H2,20,22,25,26). The van der Waals surface area contributed by atoms with Gasteiger partial charge in [-0.05, 0) is 37.1 Å². The number of aromatic amines is 1. The van der Waals surface area contributed by atoms with Gasteiger partial charge in [0.2, 0.25) is 11.1 Å². The highest BCUT2D eigenvalue weighted by Crippen LogP contribution is 2.18. The van der Waals surface area contributed by atoms with Gasteiger partial charge in [0.05, 0.1) is 5.75 Å². The van der Waals surface area contributed by atoms with Gasteiger partial charge >= 0.3 is 6.03 Å². The highest BCUT2D eigenvalue weighted by molar-refractivity contribution is 7.99. The summed E-state index contributed by atoms with van der Waals surface area (Å²) in [5, 5.41) is 13.0. The van der Waals surface area contributed by atoms with Crippen molar-refractivity contribution in [3.05, 3.63) is 35.1 Å². The Balaban J connectivity index is 1.36. The van der Waals surface area contributed by atoms with Gasteiger partial charge in [-0.1, -0.05) is 42.6 Å². The summed E-state index contributed by atoms with van der Waals surface area (Å²) in [5.41, 5.74) is 0. The van der Waals surface area contributed by atoms with Crippen molar-refractivity contribution in [1.82, 2.24) is 25.8 Å². The fourth-order valence-electron chi connectivity index (χ4n) is 2.85. The quantitative estimate of drug-likeness (QED) is 0.589. The Hall–Kier alpha value is -2.26. The van der Waals surface area contributed by atoms with Gasteiger partial charge in [-0.2, -0.15) is 0 Å². The zero-order chi connectivity index (χ0) is 19.8. The molecule has 1 heterocycles. The van der Waals surface area contributed by atoms with Gasteiger partial charge < -0.3 is 10.1 Å². The second-order valence-corrected chi connectivity index (χ2v) is 7.83. The summed E-state index contributed by atoms with van der Waals surface area (Å²) in [4.78, 5) is 28.0. The van der Waals surface area contributed by atoms with Gasteiger partial charge in [-0.25, -0.2) is 9.78 Å². The van der Waals surface area contributed by atoms with Crippen LogP contribution in [0.25, 0.3) is 0 Å². The first-order valence-electron chi connectivity index (χ1n) is 9.11. The van der Waals surface area contributed by atoms with Gasteiger partial charge in [0.15, 0.2) is 5.82 Å². The molecule has 1 fully saturated rings. The summed E-state index contributed by atoms with van der Waals surface area (Å²) < 4.78 is 5.58. The van der Waals surface area contributed by atoms with Gasteiger partial charge in [-0.15, -0.1) is 5.10 Å². The molecule has 10 heteroatoms. The van der Waals surface area contributed by atoms with Crippen molar-refractivity contribution in [1.29, 1.82) is 0 Å². The molecule has 1 saturated carbocycles. The number of thioether (sulfide) groups is 1. The molecule has 0 atom stereocenters. The van der Waals surface area contributed by atoms with E-state index >= 15 is 0 Å². The van der Waals surface area contributed by atoms with Crippen LogP contribution in [0.5, 0.6) is 5.75 Å². The molecule has 8 nitrogen and oxygen atoms in total. The minimum atomic E-state index is -0.440. The smallest absolute Gasteiger partial charge is 0.321 e. The summed E-state index contributed by atoms with van der Waals surface area (Å²) in [7, 11) is 0. The monoisotopic (exact) mass is 423 g/mol. The van der Waals surface area contributed by atoms with Crippen LogP contribution in [-0.4, -0.2) is 38.9 Å². The first-order valence-corrected chi connectivity index (χ1v) is 10.5. The topological polar surface area (TPSA) is 109 Å². The van der Waals surface area contributed by atoms with E-state index in [1.807, 2.05) is 0 Å². The zero-order valence-corrected chi connectivity index (χ0v) is 16.8. The number of carbonyl (C=O) groups is 2. The van der Waals surface area contributed by atoms with E-state index in [0.717, 1.165) is 37.4 Å². The van der Waals surface area contributed by atoms with Crippen LogP contribution in [-0.2, 0) is 11.4 Å². The Morgan fingerprint density at radius 3 is 2.71 bits per heavy atom. The highest BCUT2D eigenvalue weighted by Gasteiger charge is 2.17. The summed E-state index contributed by atoms with van der Waals surface area (Å²) in [6.45, 7) is 0.213. The molecule has 0 spiro atoms. The molecule has 0 radical (unpaired) electrons. The van der Waals surface area contributed by atoms with E-state index in [4.69, 9.17) is 16.3 Å². The number of rotatable bonds is 7. The number of urea groups is 1.